The van der Waals surface area contributed by atoms with Gasteiger partial charge in [-0.1, -0.05) is 68.7 Å². The largest absolute Gasteiger partial charge is 0.476 e. The van der Waals surface area contributed by atoms with Crippen molar-refractivity contribution < 1.29 is 29.0 Å². The van der Waals surface area contributed by atoms with E-state index in [9.17, 15) is 0 Å². The van der Waals surface area contributed by atoms with Gasteiger partial charge in [0.15, 0.2) is 0 Å². The molecule has 0 N–H and O–H groups in total. The molecule has 3 aromatic carbocycles. The number of pyridine rings is 2. The van der Waals surface area contributed by atoms with E-state index in [1.54, 1.807) is 18.3 Å². The van der Waals surface area contributed by atoms with E-state index in [-0.39, 0.29) is 25.5 Å². The van der Waals surface area contributed by atoms with Crippen LogP contribution in [0.3, 0.4) is 0 Å². The van der Waals surface area contributed by atoms with E-state index in [1.807, 2.05) is 66.9 Å². The van der Waals surface area contributed by atoms with E-state index in [0.717, 1.165) is 39.6 Å². The molecule has 0 fully saturated rings. The van der Waals surface area contributed by atoms with Crippen LogP contribution in [0, 0.1) is 19.0 Å². The fraction of sp³-hybridized carbons (Fsp3) is 0.125. The summed E-state index contributed by atoms with van der Waals surface area (Å²) >= 11 is 0. The van der Waals surface area contributed by atoms with Gasteiger partial charge in [0.05, 0.1) is 5.75 Å². The Labute approximate surface area is 230 Å². The number of benzene rings is 3. The average molecular weight is 650 g/mol. The molecular weight excluding hydrogens is 621 g/mol. The molecule has 0 atom stereocenters. The number of ether oxygens (including phenoxy) is 1. The molecule has 1 aliphatic heterocycles. The summed E-state index contributed by atoms with van der Waals surface area (Å²) in [5.41, 5.74) is 6.01. The third-order valence-electron chi connectivity index (χ3n) is 6.04. The summed E-state index contributed by atoms with van der Waals surface area (Å²) in [7, 11) is 0. The van der Waals surface area contributed by atoms with Crippen LogP contribution in [0.15, 0.2) is 103 Å². The molecule has 3 heterocycles. The second kappa shape index (κ2) is 11.0. The predicted molar refractivity (Wildman–Crippen MR) is 140 cm³/mol. The normalized spacial score (nSPS) is 14.1. The Bertz CT molecular complexity index is 1540. The van der Waals surface area contributed by atoms with Crippen molar-refractivity contribution in [1.29, 1.82) is 0 Å². The van der Waals surface area contributed by atoms with E-state index < -0.39 is 6.85 Å². The molecule has 0 saturated carbocycles. The van der Waals surface area contributed by atoms with Gasteiger partial charge in [-0.3, -0.25) is 0 Å². The summed E-state index contributed by atoms with van der Waals surface area (Å²) in [6, 6.07) is 34.7. The number of hydrogen-bond acceptors (Lipinski definition) is 3. The first-order valence-electron chi connectivity index (χ1n) is 12.9. The summed E-state index contributed by atoms with van der Waals surface area (Å²) in [4.78, 5) is 8.66. The minimum atomic E-state index is -2.07. The minimum Gasteiger partial charge on any atom is -0.476 e. The van der Waals surface area contributed by atoms with Crippen LogP contribution in [0.25, 0.3) is 22.5 Å². The van der Waals surface area contributed by atoms with Crippen molar-refractivity contribution in [1.82, 2.24) is 9.97 Å². The van der Waals surface area contributed by atoms with E-state index in [4.69, 9.17) is 8.85 Å². The fourth-order valence-electron chi connectivity index (χ4n) is 4.33. The summed E-state index contributed by atoms with van der Waals surface area (Å²) in [5.74, 6) is 1.82. The van der Waals surface area contributed by atoms with Crippen LogP contribution >= 0.6 is 0 Å². The second-order valence-electron chi connectivity index (χ2n) is 8.74. The monoisotopic (exact) mass is 650 g/mol. The zero-order valence-electron chi connectivity index (χ0n) is 23.0. The number of aromatic nitrogens is 2. The first-order chi connectivity index (χ1) is 18.2. The third kappa shape index (κ3) is 5.16. The fourth-order valence-corrected chi connectivity index (χ4v) is 4.33. The Morgan fingerprint density at radius 1 is 0.778 bits per heavy atom. The quantitative estimate of drug-likeness (QED) is 0.183. The van der Waals surface area contributed by atoms with Gasteiger partial charge in [0, 0.05) is 36.6 Å². The number of aryl methyl sites for hydroxylation is 1. The number of nitrogens with zero attached hydrogens (tertiary/aromatic N) is 2. The Morgan fingerprint density at radius 2 is 1.50 bits per heavy atom. The molecule has 36 heavy (non-hydrogen) atoms. The van der Waals surface area contributed by atoms with Gasteiger partial charge in [-0.25, -0.2) is 0 Å². The Balaban J connectivity index is 0.000000186. The zero-order valence-corrected chi connectivity index (χ0v) is 22.3. The van der Waals surface area contributed by atoms with Gasteiger partial charge in [0.1, 0.15) is 5.75 Å². The van der Waals surface area contributed by atoms with Crippen molar-refractivity contribution in [3.05, 3.63) is 132 Å². The van der Waals surface area contributed by atoms with Crippen molar-refractivity contribution in [3.63, 3.8) is 0 Å². The Morgan fingerprint density at radius 3 is 2.17 bits per heavy atom. The van der Waals surface area contributed by atoms with Crippen LogP contribution in [0.2, 0.25) is 0 Å². The maximum absolute atomic E-state index is 7.25. The Kier molecular flexibility index (Phi) is 6.62. The van der Waals surface area contributed by atoms with Crippen LogP contribution in [-0.2, 0) is 25.5 Å². The molecule has 0 bridgehead atoms. The van der Waals surface area contributed by atoms with Gasteiger partial charge in [-0.15, -0.1) is 59.2 Å². The van der Waals surface area contributed by atoms with Gasteiger partial charge in [-0.05, 0) is 40.6 Å². The number of rotatable bonds is 2. The molecule has 1 radical (unpaired) electrons. The van der Waals surface area contributed by atoms with Crippen molar-refractivity contribution in [2.24, 2.45) is 0 Å². The summed E-state index contributed by atoms with van der Waals surface area (Å²) in [5, 5.41) is 0. The van der Waals surface area contributed by atoms with Crippen molar-refractivity contribution in [2.75, 3.05) is 0 Å². The van der Waals surface area contributed by atoms with Crippen molar-refractivity contribution in [3.8, 4) is 34.0 Å². The van der Waals surface area contributed by atoms with E-state index in [2.05, 4.69) is 48.1 Å². The summed E-state index contributed by atoms with van der Waals surface area (Å²) in [6.07, 6.45) is 3.51. The number of fused-ring (bicyclic) bond motifs is 2. The van der Waals surface area contributed by atoms with Crippen LogP contribution in [0.4, 0.5) is 0 Å². The topological polar surface area (TPSA) is 35.0 Å². The first kappa shape index (κ1) is 21.7. The van der Waals surface area contributed by atoms with Crippen molar-refractivity contribution in [2.45, 2.75) is 26.1 Å². The van der Waals surface area contributed by atoms with Gasteiger partial charge < -0.3 is 14.7 Å². The van der Waals surface area contributed by atoms with Gasteiger partial charge in [0.25, 0.3) is 0 Å². The van der Waals surface area contributed by atoms with Gasteiger partial charge >= 0.3 is 0 Å². The molecule has 0 unspecified atom stereocenters. The molecule has 5 aromatic rings. The predicted octanol–water partition coefficient (Wildman–Crippen LogP) is 7.84. The maximum Gasteiger partial charge on any atom is 0.128 e. The van der Waals surface area contributed by atoms with Crippen LogP contribution in [0.5, 0.6) is 11.5 Å². The molecule has 1 aliphatic rings. The van der Waals surface area contributed by atoms with E-state index in [0.29, 0.717) is 5.56 Å². The number of para-hydroxylation sites is 1. The maximum atomic E-state index is 7.25. The molecule has 181 valence electrons. The molecule has 0 amide bonds. The zero-order chi connectivity index (χ0) is 26.8. The number of hydrogen-bond donors (Lipinski definition) is 0. The van der Waals surface area contributed by atoms with E-state index in [1.165, 1.54) is 11.6 Å². The molecular formula is C32H26IrN2O-2. The average Bonchev–Trinajstić information content (AvgIpc) is 2.94. The van der Waals surface area contributed by atoms with Crippen molar-refractivity contribution >= 4 is 0 Å². The molecule has 2 aromatic heterocycles. The molecule has 0 saturated heterocycles. The van der Waals surface area contributed by atoms with Crippen LogP contribution < -0.4 is 4.74 Å². The standard InChI is InChI=1S/C20H16NO.C12H10N.Ir/c1-20(2)15-9-3-4-11-17(15)22-18-12-7-8-14(19(18)20)16-10-5-6-13-21-16;1-10-5-7-11(8-6-10)12-4-2-3-9-13-12;/h3-7,9-13H,1-2H3;2-7,9H,1H3;/q2*-1;/i;1D3;. The minimum absolute atomic E-state index is 0. The van der Waals surface area contributed by atoms with E-state index >= 15 is 0 Å². The molecule has 0 aliphatic carbocycles. The van der Waals surface area contributed by atoms with Gasteiger partial charge in [0.2, 0.25) is 0 Å². The molecule has 4 heteroatoms. The van der Waals surface area contributed by atoms with Gasteiger partial charge in [-0.2, -0.15) is 0 Å². The summed E-state index contributed by atoms with van der Waals surface area (Å²) in [6.45, 7) is 2.39. The smallest absolute Gasteiger partial charge is 0.128 e. The Hall–Kier alpha value is -3.59. The SMILES string of the molecule is CC1(C)c2ccccc2Oc2cc[c-]c(-c3ccccn3)c21.[2H]C([2H])([2H])c1c[c-]c(-c2ccccn2)cc1.[Ir]. The first-order valence-corrected chi connectivity index (χ1v) is 11.4. The van der Waals surface area contributed by atoms with Crippen LogP contribution in [0.1, 0.15) is 34.7 Å². The van der Waals surface area contributed by atoms with Crippen LogP contribution in [-0.4, -0.2) is 9.97 Å². The molecule has 3 nitrogen and oxygen atoms in total. The summed E-state index contributed by atoms with van der Waals surface area (Å²) < 4.78 is 27.9. The second-order valence-corrected chi connectivity index (χ2v) is 8.74. The third-order valence-corrected chi connectivity index (χ3v) is 6.04. The molecule has 0 spiro atoms. The molecule has 6 rings (SSSR count).